The van der Waals surface area contributed by atoms with Crippen LogP contribution in [0.2, 0.25) is 0 Å². The molecule has 0 aromatic rings. The number of amides is 1. The van der Waals surface area contributed by atoms with Crippen LogP contribution in [0.1, 0.15) is 32.1 Å². The molecule has 4 nitrogen and oxygen atoms in total. The van der Waals surface area contributed by atoms with Crippen LogP contribution >= 0.6 is 0 Å². The summed E-state index contributed by atoms with van der Waals surface area (Å²) in [6, 6.07) is 0. The molecule has 1 fully saturated rings. The van der Waals surface area contributed by atoms with E-state index in [1.54, 1.807) is 7.05 Å². The van der Waals surface area contributed by atoms with E-state index in [-0.39, 0.29) is 5.91 Å². The van der Waals surface area contributed by atoms with Crippen LogP contribution in [-0.4, -0.2) is 38.8 Å². The molecule has 1 atom stereocenters. The van der Waals surface area contributed by atoms with Gasteiger partial charge in [0.1, 0.15) is 0 Å². The Balaban J connectivity index is 1.82. The maximum Gasteiger partial charge on any atom is 0.219 e. The van der Waals surface area contributed by atoms with Gasteiger partial charge in [-0.1, -0.05) is 0 Å². The molecule has 2 N–H and O–H groups in total. The van der Waals surface area contributed by atoms with E-state index in [2.05, 4.69) is 10.6 Å². The van der Waals surface area contributed by atoms with E-state index in [0.29, 0.717) is 12.5 Å². The third kappa shape index (κ3) is 5.74. The predicted octanol–water partition coefficient (Wildman–Crippen LogP) is 0.671. The molecule has 4 heteroatoms. The largest absolute Gasteiger partial charge is 0.378 e. The van der Waals surface area contributed by atoms with Gasteiger partial charge >= 0.3 is 0 Å². The molecular weight excluding hydrogens is 192 g/mol. The van der Waals surface area contributed by atoms with Crippen LogP contribution in [0.3, 0.4) is 0 Å². The van der Waals surface area contributed by atoms with Crippen LogP contribution in [0, 0.1) is 0 Å². The van der Waals surface area contributed by atoms with Crippen LogP contribution in [-0.2, 0) is 9.53 Å². The Morgan fingerprint density at radius 2 is 2.33 bits per heavy atom. The maximum absolute atomic E-state index is 10.9. The molecule has 0 bridgehead atoms. The van der Waals surface area contributed by atoms with Crippen LogP contribution < -0.4 is 10.6 Å². The summed E-state index contributed by atoms with van der Waals surface area (Å²) >= 11 is 0. The second-order valence-electron chi connectivity index (χ2n) is 3.95. The first kappa shape index (κ1) is 12.5. The smallest absolute Gasteiger partial charge is 0.219 e. The van der Waals surface area contributed by atoms with Crippen molar-refractivity contribution in [1.29, 1.82) is 0 Å². The van der Waals surface area contributed by atoms with Crippen LogP contribution in [0.25, 0.3) is 0 Å². The summed E-state index contributed by atoms with van der Waals surface area (Å²) < 4.78 is 5.51. The minimum Gasteiger partial charge on any atom is -0.378 e. The van der Waals surface area contributed by atoms with E-state index in [1.165, 1.54) is 12.8 Å². The van der Waals surface area contributed by atoms with Gasteiger partial charge in [-0.2, -0.15) is 0 Å². The number of carbonyl (C=O) groups is 1. The highest BCUT2D eigenvalue weighted by Gasteiger charge is 2.14. The quantitative estimate of drug-likeness (QED) is 0.612. The Morgan fingerprint density at radius 3 is 3.00 bits per heavy atom. The van der Waals surface area contributed by atoms with Crippen LogP contribution in [0.15, 0.2) is 0 Å². The normalized spacial score (nSPS) is 20.5. The zero-order valence-corrected chi connectivity index (χ0v) is 9.55. The van der Waals surface area contributed by atoms with Crippen molar-refractivity contribution in [2.45, 2.75) is 38.2 Å². The van der Waals surface area contributed by atoms with Crippen molar-refractivity contribution in [1.82, 2.24) is 10.6 Å². The van der Waals surface area contributed by atoms with Gasteiger partial charge in [0.25, 0.3) is 0 Å². The first-order valence-electron chi connectivity index (χ1n) is 5.86. The first-order valence-corrected chi connectivity index (χ1v) is 5.86. The Morgan fingerprint density at radius 1 is 1.47 bits per heavy atom. The lowest BCUT2D eigenvalue weighted by Crippen LogP contribution is -2.23. The zero-order chi connectivity index (χ0) is 10.9. The van der Waals surface area contributed by atoms with Gasteiger partial charge in [-0.05, 0) is 38.8 Å². The topological polar surface area (TPSA) is 50.4 Å². The van der Waals surface area contributed by atoms with E-state index in [4.69, 9.17) is 4.74 Å². The second-order valence-corrected chi connectivity index (χ2v) is 3.95. The molecule has 1 heterocycles. The minimum atomic E-state index is 0.121. The highest BCUT2D eigenvalue weighted by molar-refractivity contribution is 5.75. The number of nitrogens with one attached hydrogen (secondary N) is 2. The van der Waals surface area contributed by atoms with Gasteiger partial charge in [0.05, 0.1) is 6.10 Å². The molecule has 0 spiro atoms. The van der Waals surface area contributed by atoms with Gasteiger partial charge in [0.15, 0.2) is 0 Å². The van der Waals surface area contributed by atoms with Gasteiger partial charge in [-0.15, -0.1) is 0 Å². The summed E-state index contributed by atoms with van der Waals surface area (Å²) in [7, 11) is 1.67. The average Bonchev–Trinajstić information content (AvgIpc) is 2.75. The van der Waals surface area contributed by atoms with Crippen molar-refractivity contribution >= 4 is 5.91 Å². The lowest BCUT2D eigenvalue weighted by atomic mass is 10.2. The van der Waals surface area contributed by atoms with E-state index in [9.17, 15) is 4.79 Å². The summed E-state index contributed by atoms with van der Waals surface area (Å²) in [4.78, 5) is 10.9. The summed E-state index contributed by atoms with van der Waals surface area (Å²) in [6.45, 7) is 2.85. The monoisotopic (exact) mass is 214 g/mol. The molecule has 1 aliphatic rings. The molecule has 1 saturated heterocycles. The highest BCUT2D eigenvalue weighted by Crippen LogP contribution is 2.14. The first-order chi connectivity index (χ1) is 7.33. The van der Waals surface area contributed by atoms with Gasteiger partial charge in [0, 0.05) is 20.1 Å². The van der Waals surface area contributed by atoms with Crippen LogP contribution in [0.4, 0.5) is 0 Å². The summed E-state index contributed by atoms with van der Waals surface area (Å²) in [5.74, 6) is 0.121. The van der Waals surface area contributed by atoms with Crippen LogP contribution in [0.5, 0.6) is 0 Å². The third-order valence-corrected chi connectivity index (χ3v) is 2.70. The standard InChI is InChI=1S/C11H22N2O2/c1-12-11(14)5-2-7-13-8-6-10-4-3-9-15-10/h10,13H,2-9H2,1H3,(H,12,14). The maximum atomic E-state index is 10.9. The Labute approximate surface area is 91.8 Å². The molecule has 1 unspecified atom stereocenters. The molecule has 0 aromatic heterocycles. The summed E-state index contributed by atoms with van der Waals surface area (Å²) in [6.07, 6.45) is 5.51. The molecule has 0 aliphatic carbocycles. The zero-order valence-electron chi connectivity index (χ0n) is 9.55. The molecule has 0 aromatic carbocycles. The van der Waals surface area contributed by atoms with E-state index in [0.717, 1.165) is 32.5 Å². The fraction of sp³-hybridized carbons (Fsp3) is 0.909. The van der Waals surface area contributed by atoms with E-state index in [1.807, 2.05) is 0 Å². The SMILES string of the molecule is CNC(=O)CCCNCCC1CCCO1. The van der Waals surface area contributed by atoms with Gasteiger partial charge in [0.2, 0.25) is 5.91 Å². The van der Waals surface area contributed by atoms with Gasteiger partial charge in [-0.3, -0.25) is 4.79 Å². The number of rotatable bonds is 7. The van der Waals surface area contributed by atoms with Crippen molar-refractivity contribution in [3.63, 3.8) is 0 Å². The number of ether oxygens (including phenoxy) is 1. The second kappa shape index (κ2) is 7.65. The lowest BCUT2D eigenvalue weighted by Gasteiger charge is -2.09. The fourth-order valence-corrected chi connectivity index (χ4v) is 1.76. The highest BCUT2D eigenvalue weighted by atomic mass is 16.5. The lowest BCUT2D eigenvalue weighted by molar-refractivity contribution is -0.120. The Kier molecular flexibility index (Phi) is 6.36. The molecule has 1 amide bonds. The molecule has 0 saturated carbocycles. The molecule has 0 radical (unpaired) electrons. The predicted molar refractivity (Wildman–Crippen MR) is 59.8 cm³/mol. The molecule has 1 rings (SSSR count). The Bertz CT molecular complexity index is 179. The van der Waals surface area contributed by atoms with Gasteiger partial charge in [-0.25, -0.2) is 0 Å². The fourth-order valence-electron chi connectivity index (χ4n) is 1.76. The van der Waals surface area contributed by atoms with Crippen molar-refractivity contribution < 1.29 is 9.53 Å². The number of hydrogen-bond acceptors (Lipinski definition) is 3. The number of carbonyl (C=O) groups excluding carboxylic acids is 1. The van der Waals surface area contributed by atoms with Crippen molar-refractivity contribution in [2.75, 3.05) is 26.7 Å². The number of hydrogen-bond donors (Lipinski definition) is 2. The van der Waals surface area contributed by atoms with E-state index >= 15 is 0 Å². The molecule has 1 aliphatic heterocycles. The Hall–Kier alpha value is -0.610. The third-order valence-electron chi connectivity index (χ3n) is 2.70. The molecule has 15 heavy (non-hydrogen) atoms. The van der Waals surface area contributed by atoms with Crippen molar-refractivity contribution in [3.05, 3.63) is 0 Å². The van der Waals surface area contributed by atoms with Gasteiger partial charge < -0.3 is 15.4 Å². The minimum absolute atomic E-state index is 0.121. The average molecular weight is 214 g/mol. The summed E-state index contributed by atoms with van der Waals surface area (Å²) in [5.41, 5.74) is 0. The van der Waals surface area contributed by atoms with E-state index < -0.39 is 0 Å². The molecule has 88 valence electrons. The van der Waals surface area contributed by atoms with Crippen molar-refractivity contribution in [2.24, 2.45) is 0 Å². The summed E-state index contributed by atoms with van der Waals surface area (Å²) in [5, 5.41) is 5.95. The van der Waals surface area contributed by atoms with Crippen molar-refractivity contribution in [3.8, 4) is 0 Å². The molecular formula is C11H22N2O2.